The summed E-state index contributed by atoms with van der Waals surface area (Å²) in [6.07, 6.45) is 2.49. The molecule has 0 aliphatic carbocycles. The molecule has 0 atom stereocenters. The van der Waals surface area contributed by atoms with E-state index in [9.17, 15) is 22.4 Å². The number of benzene rings is 2. The van der Waals surface area contributed by atoms with Gasteiger partial charge < -0.3 is 10.1 Å². The standard InChI is InChI=1S/C16H11F4NO2/c17-11-4-7-13(18)14(9-11)21-15(22)8-3-10-1-5-12(6-2-10)23-16(19)20/h1-9,16H,(H,21,22)/b8-3+. The van der Waals surface area contributed by atoms with Gasteiger partial charge in [-0.3, -0.25) is 4.79 Å². The lowest BCUT2D eigenvalue weighted by Crippen LogP contribution is -2.09. The van der Waals surface area contributed by atoms with Crippen molar-refractivity contribution in [3.63, 3.8) is 0 Å². The minimum absolute atomic E-state index is 0.0107. The van der Waals surface area contributed by atoms with Crippen LogP contribution in [0.4, 0.5) is 23.2 Å². The van der Waals surface area contributed by atoms with Crippen LogP contribution < -0.4 is 10.1 Å². The molecule has 1 amide bonds. The van der Waals surface area contributed by atoms with Crippen molar-refractivity contribution >= 4 is 17.7 Å². The summed E-state index contributed by atoms with van der Waals surface area (Å²) in [5.41, 5.74) is 0.266. The largest absolute Gasteiger partial charge is 0.435 e. The zero-order valence-corrected chi connectivity index (χ0v) is 11.6. The zero-order chi connectivity index (χ0) is 16.8. The number of alkyl halides is 2. The van der Waals surface area contributed by atoms with Crippen LogP contribution in [0.1, 0.15) is 5.56 Å². The van der Waals surface area contributed by atoms with Gasteiger partial charge in [-0.15, -0.1) is 0 Å². The molecule has 2 rings (SSSR count). The smallest absolute Gasteiger partial charge is 0.387 e. The number of rotatable bonds is 5. The number of halogens is 4. The summed E-state index contributed by atoms with van der Waals surface area (Å²) >= 11 is 0. The van der Waals surface area contributed by atoms with Crippen LogP contribution in [0.15, 0.2) is 48.5 Å². The molecular weight excluding hydrogens is 314 g/mol. The van der Waals surface area contributed by atoms with Gasteiger partial charge in [-0.05, 0) is 35.9 Å². The Balaban J connectivity index is 1.99. The Labute approximate surface area is 129 Å². The van der Waals surface area contributed by atoms with Crippen molar-refractivity contribution in [2.24, 2.45) is 0 Å². The lowest BCUT2D eigenvalue weighted by atomic mass is 10.2. The summed E-state index contributed by atoms with van der Waals surface area (Å²) in [4.78, 5) is 11.7. The minimum atomic E-state index is -2.91. The second kappa shape index (κ2) is 7.44. The van der Waals surface area contributed by atoms with Crippen molar-refractivity contribution < 1.29 is 27.1 Å². The van der Waals surface area contributed by atoms with E-state index < -0.39 is 24.2 Å². The molecule has 0 spiro atoms. The summed E-state index contributed by atoms with van der Waals surface area (Å²) in [5.74, 6) is -2.12. The number of ether oxygens (including phenoxy) is 1. The van der Waals surface area contributed by atoms with E-state index >= 15 is 0 Å². The van der Waals surface area contributed by atoms with Gasteiger partial charge in [0.1, 0.15) is 17.4 Å². The number of hydrogen-bond donors (Lipinski definition) is 1. The second-order valence-corrected chi connectivity index (χ2v) is 4.39. The summed E-state index contributed by atoms with van der Waals surface area (Å²) < 4.78 is 54.5. The van der Waals surface area contributed by atoms with E-state index in [1.807, 2.05) is 0 Å². The highest BCUT2D eigenvalue weighted by Gasteiger charge is 2.06. The first-order valence-corrected chi connectivity index (χ1v) is 6.43. The predicted octanol–water partition coefficient (Wildman–Crippen LogP) is 4.22. The Morgan fingerprint density at radius 2 is 1.78 bits per heavy atom. The molecule has 0 aliphatic heterocycles. The zero-order valence-electron chi connectivity index (χ0n) is 11.6. The van der Waals surface area contributed by atoms with Crippen LogP contribution in [0.5, 0.6) is 5.75 Å². The Hall–Kier alpha value is -2.83. The van der Waals surface area contributed by atoms with Gasteiger partial charge in [0.15, 0.2) is 0 Å². The topological polar surface area (TPSA) is 38.3 Å². The number of hydrogen-bond acceptors (Lipinski definition) is 2. The molecule has 0 saturated carbocycles. The molecule has 2 aromatic carbocycles. The fourth-order valence-electron chi connectivity index (χ4n) is 1.70. The molecule has 0 saturated heterocycles. The van der Waals surface area contributed by atoms with E-state index in [1.54, 1.807) is 0 Å². The van der Waals surface area contributed by atoms with Gasteiger partial charge >= 0.3 is 6.61 Å². The van der Waals surface area contributed by atoms with Crippen molar-refractivity contribution in [3.05, 3.63) is 65.7 Å². The van der Waals surface area contributed by atoms with Gasteiger partial charge in [0.05, 0.1) is 5.69 Å². The maximum atomic E-state index is 13.4. The molecule has 3 nitrogen and oxygen atoms in total. The summed E-state index contributed by atoms with van der Waals surface area (Å²) in [6.45, 7) is -2.91. The first-order chi connectivity index (χ1) is 10.9. The third kappa shape index (κ3) is 5.14. The first kappa shape index (κ1) is 16.5. The van der Waals surface area contributed by atoms with E-state index in [1.165, 1.54) is 30.3 Å². The van der Waals surface area contributed by atoms with E-state index in [4.69, 9.17) is 0 Å². The number of anilines is 1. The van der Waals surface area contributed by atoms with Crippen molar-refractivity contribution in [2.45, 2.75) is 6.61 Å². The lowest BCUT2D eigenvalue weighted by molar-refractivity contribution is -0.111. The molecule has 0 unspecified atom stereocenters. The molecule has 0 radical (unpaired) electrons. The van der Waals surface area contributed by atoms with Crippen molar-refractivity contribution in [1.82, 2.24) is 0 Å². The van der Waals surface area contributed by atoms with Crippen LogP contribution in [0, 0.1) is 11.6 Å². The predicted molar refractivity (Wildman–Crippen MR) is 77.1 cm³/mol. The van der Waals surface area contributed by atoms with Crippen LogP contribution in [0.2, 0.25) is 0 Å². The van der Waals surface area contributed by atoms with Crippen LogP contribution in [-0.2, 0) is 4.79 Å². The quantitative estimate of drug-likeness (QED) is 0.660. The molecule has 0 aliphatic rings. The summed E-state index contributed by atoms with van der Waals surface area (Å²) in [7, 11) is 0. The molecule has 120 valence electrons. The van der Waals surface area contributed by atoms with Gasteiger partial charge in [0.25, 0.3) is 0 Å². The van der Waals surface area contributed by atoms with Crippen LogP contribution in [0.25, 0.3) is 6.08 Å². The van der Waals surface area contributed by atoms with Crippen LogP contribution in [-0.4, -0.2) is 12.5 Å². The molecule has 0 fully saturated rings. The van der Waals surface area contributed by atoms with E-state index in [-0.39, 0.29) is 11.4 Å². The van der Waals surface area contributed by atoms with Crippen molar-refractivity contribution in [2.75, 3.05) is 5.32 Å². The van der Waals surface area contributed by atoms with Gasteiger partial charge in [-0.25, -0.2) is 8.78 Å². The highest BCUT2D eigenvalue weighted by atomic mass is 19.3. The van der Waals surface area contributed by atoms with Crippen LogP contribution >= 0.6 is 0 Å². The van der Waals surface area contributed by atoms with E-state index in [2.05, 4.69) is 10.1 Å². The third-order valence-electron chi connectivity index (χ3n) is 2.72. The number of carbonyl (C=O) groups excluding carboxylic acids is 1. The fraction of sp³-hybridized carbons (Fsp3) is 0.0625. The molecule has 0 bridgehead atoms. The maximum absolute atomic E-state index is 13.4. The van der Waals surface area contributed by atoms with Gasteiger partial charge in [-0.2, -0.15) is 8.78 Å². The molecule has 7 heteroatoms. The highest BCUT2D eigenvalue weighted by molar-refractivity contribution is 6.01. The lowest BCUT2D eigenvalue weighted by Gasteiger charge is -2.04. The molecule has 23 heavy (non-hydrogen) atoms. The van der Waals surface area contributed by atoms with Crippen LogP contribution in [0.3, 0.4) is 0 Å². The number of nitrogens with one attached hydrogen (secondary N) is 1. The minimum Gasteiger partial charge on any atom is -0.435 e. The second-order valence-electron chi connectivity index (χ2n) is 4.39. The average molecular weight is 325 g/mol. The maximum Gasteiger partial charge on any atom is 0.387 e. The number of carbonyl (C=O) groups is 1. The first-order valence-electron chi connectivity index (χ1n) is 6.43. The summed E-state index contributed by atoms with van der Waals surface area (Å²) in [5, 5.41) is 2.19. The van der Waals surface area contributed by atoms with Crippen molar-refractivity contribution in [1.29, 1.82) is 0 Å². The molecule has 0 heterocycles. The highest BCUT2D eigenvalue weighted by Crippen LogP contribution is 2.17. The van der Waals surface area contributed by atoms with Crippen molar-refractivity contribution in [3.8, 4) is 5.75 Å². The molecular formula is C16H11F4NO2. The molecule has 2 aromatic rings. The summed E-state index contributed by atoms with van der Waals surface area (Å²) in [6, 6.07) is 8.25. The van der Waals surface area contributed by atoms with E-state index in [0.29, 0.717) is 5.56 Å². The van der Waals surface area contributed by atoms with Gasteiger partial charge in [0, 0.05) is 12.1 Å². The Morgan fingerprint density at radius 1 is 1.09 bits per heavy atom. The molecule has 1 N–H and O–H groups in total. The average Bonchev–Trinajstić information content (AvgIpc) is 2.50. The number of amides is 1. The SMILES string of the molecule is O=C(/C=C/c1ccc(OC(F)F)cc1)Nc1cc(F)ccc1F. The Bertz CT molecular complexity index is 715. The van der Waals surface area contributed by atoms with E-state index in [0.717, 1.165) is 24.3 Å². The third-order valence-corrected chi connectivity index (χ3v) is 2.72. The van der Waals surface area contributed by atoms with Gasteiger partial charge in [-0.1, -0.05) is 12.1 Å². The van der Waals surface area contributed by atoms with Gasteiger partial charge in [0.2, 0.25) is 5.91 Å². The normalized spacial score (nSPS) is 11.0. The molecule has 0 aromatic heterocycles. The Kier molecular flexibility index (Phi) is 5.35. The monoisotopic (exact) mass is 325 g/mol. The fourth-order valence-corrected chi connectivity index (χ4v) is 1.70. The Morgan fingerprint density at radius 3 is 2.43 bits per heavy atom.